The summed E-state index contributed by atoms with van der Waals surface area (Å²) in [4.78, 5) is 6.71. The van der Waals surface area contributed by atoms with Crippen molar-refractivity contribution in [1.82, 2.24) is 14.2 Å². The van der Waals surface area contributed by atoms with Gasteiger partial charge in [-0.2, -0.15) is 4.31 Å². The third-order valence-corrected chi connectivity index (χ3v) is 6.61. The van der Waals surface area contributed by atoms with Crippen LogP contribution in [0, 0.1) is 0 Å². The van der Waals surface area contributed by atoms with Crippen molar-refractivity contribution in [2.24, 2.45) is 0 Å². The number of aromatic nitrogens is 1. The molecule has 1 aliphatic rings. The van der Waals surface area contributed by atoms with Crippen LogP contribution in [0.5, 0.6) is 0 Å². The molecule has 1 saturated heterocycles. The highest BCUT2D eigenvalue weighted by Crippen LogP contribution is 2.22. The maximum atomic E-state index is 12.5. The first-order valence-electron chi connectivity index (χ1n) is 8.90. The molecule has 1 N–H and O–H groups in total. The van der Waals surface area contributed by atoms with Crippen LogP contribution in [0.1, 0.15) is 24.4 Å². The second-order valence-electron chi connectivity index (χ2n) is 6.76. The first kappa shape index (κ1) is 18.8. The Morgan fingerprint density at radius 3 is 2.38 bits per heavy atom. The molecule has 1 aromatic carbocycles. The molecule has 26 heavy (non-hydrogen) atoms. The van der Waals surface area contributed by atoms with Crippen LogP contribution in [0.4, 0.5) is 5.82 Å². The smallest absolute Gasteiger partial charge is 0.244 e. The molecule has 0 saturated carbocycles. The number of pyridine rings is 1. The fourth-order valence-electron chi connectivity index (χ4n) is 3.19. The van der Waals surface area contributed by atoms with E-state index in [1.807, 2.05) is 32.3 Å². The predicted molar refractivity (Wildman–Crippen MR) is 104 cm³/mol. The van der Waals surface area contributed by atoms with Gasteiger partial charge in [0.25, 0.3) is 0 Å². The van der Waals surface area contributed by atoms with E-state index in [-0.39, 0.29) is 10.9 Å². The van der Waals surface area contributed by atoms with E-state index >= 15 is 0 Å². The molecule has 2 aromatic rings. The van der Waals surface area contributed by atoms with Gasteiger partial charge in [-0.15, -0.1) is 0 Å². The lowest BCUT2D eigenvalue weighted by atomic mass is 10.1. The highest BCUT2D eigenvalue weighted by molar-refractivity contribution is 7.89. The van der Waals surface area contributed by atoms with Gasteiger partial charge in [0.05, 0.1) is 6.04 Å². The van der Waals surface area contributed by atoms with Crippen LogP contribution in [0.3, 0.4) is 0 Å². The minimum atomic E-state index is -3.41. The Labute approximate surface area is 155 Å². The van der Waals surface area contributed by atoms with Gasteiger partial charge < -0.3 is 10.2 Å². The maximum Gasteiger partial charge on any atom is 0.244 e. The van der Waals surface area contributed by atoms with Crippen molar-refractivity contribution >= 4 is 15.8 Å². The molecule has 1 fully saturated rings. The maximum absolute atomic E-state index is 12.5. The fourth-order valence-corrected chi connectivity index (χ4v) is 4.65. The zero-order valence-electron chi connectivity index (χ0n) is 15.3. The van der Waals surface area contributed by atoms with Gasteiger partial charge in [0.1, 0.15) is 10.7 Å². The van der Waals surface area contributed by atoms with Crippen molar-refractivity contribution in [2.75, 3.05) is 39.0 Å². The van der Waals surface area contributed by atoms with Crippen molar-refractivity contribution < 1.29 is 8.42 Å². The third kappa shape index (κ3) is 4.23. The highest BCUT2D eigenvalue weighted by Gasteiger charge is 2.27. The molecule has 1 atom stereocenters. The zero-order valence-corrected chi connectivity index (χ0v) is 16.1. The second kappa shape index (κ2) is 8.16. The molecule has 1 aliphatic heterocycles. The molecule has 140 valence electrons. The SMILES string of the molecule is CN(C)[C@@H](CNc1ccc(S(=O)(=O)N2CCCC2)cn1)c1ccccc1. The van der Waals surface area contributed by atoms with E-state index in [0.29, 0.717) is 25.5 Å². The fraction of sp³-hybridized carbons (Fsp3) is 0.421. The molecule has 0 bridgehead atoms. The van der Waals surface area contributed by atoms with Crippen LogP contribution in [0.25, 0.3) is 0 Å². The van der Waals surface area contributed by atoms with Crippen molar-refractivity contribution in [3.63, 3.8) is 0 Å². The zero-order chi connectivity index (χ0) is 18.6. The lowest BCUT2D eigenvalue weighted by molar-refractivity contribution is 0.311. The topological polar surface area (TPSA) is 65.5 Å². The highest BCUT2D eigenvalue weighted by atomic mass is 32.2. The molecule has 7 heteroatoms. The number of rotatable bonds is 7. The van der Waals surface area contributed by atoms with Crippen molar-refractivity contribution in [3.05, 3.63) is 54.2 Å². The van der Waals surface area contributed by atoms with Gasteiger partial charge in [-0.1, -0.05) is 30.3 Å². The van der Waals surface area contributed by atoms with E-state index in [2.05, 4.69) is 27.3 Å². The largest absolute Gasteiger partial charge is 0.368 e. The quantitative estimate of drug-likeness (QED) is 0.807. The Morgan fingerprint density at radius 1 is 1.12 bits per heavy atom. The number of sulfonamides is 1. The Kier molecular flexibility index (Phi) is 5.90. The Bertz CT molecular complexity index is 801. The molecular weight excluding hydrogens is 348 g/mol. The van der Waals surface area contributed by atoms with Gasteiger partial charge in [-0.25, -0.2) is 13.4 Å². The number of hydrogen-bond acceptors (Lipinski definition) is 5. The standard InChI is InChI=1S/C19H26N4O2S/c1-22(2)18(16-8-4-3-5-9-16)15-21-19-11-10-17(14-20-19)26(24,25)23-12-6-7-13-23/h3-5,8-11,14,18H,6-7,12-13,15H2,1-2H3,(H,20,21)/t18-/m0/s1. The predicted octanol–water partition coefficient (Wildman–Crippen LogP) is 2.58. The van der Waals surface area contributed by atoms with Crippen molar-refractivity contribution in [2.45, 2.75) is 23.8 Å². The summed E-state index contributed by atoms with van der Waals surface area (Å²) in [5.74, 6) is 0.674. The molecule has 2 heterocycles. The van der Waals surface area contributed by atoms with E-state index in [4.69, 9.17) is 0 Å². The minimum absolute atomic E-state index is 0.200. The van der Waals surface area contributed by atoms with Crippen molar-refractivity contribution in [1.29, 1.82) is 0 Å². The molecule has 3 rings (SSSR count). The average molecular weight is 375 g/mol. The molecular formula is C19H26N4O2S. The van der Waals surface area contributed by atoms with Crippen LogP contribution in [0.2, 0.25) is 0 Å². The van der Waals surface area contributed by atoms with Crippen LogP contribution in [-0.2, 0) is 10.0 Å². The first-order valence-corrected chi connectivity index (χ1v) is 10.3. The van der Waals surface area contributed by atoms with Crippen LogP contribution >= 0.6 is 0 Å². The Hall–Kier alpha value is -1.96. The number of likely N-dealkylation sites (N-methyl/N-ethyl adjacent to an activating group) is 1. The minimum Gasteiger partial charge on any atom is -0.368 e. The van der Waals surface area contributed by atoms with Gasteiger partial charge in [0, 0.05) is 25.8 Å². The van der Waals surface area contributed by atoms with Crippen LogP contribution < -0.4 is 5.32 Å². The van der Waals surface area contributed by atoms with E-state index in [9.17, 15) is 8.42 Å². The molecule has 1 aromatic heterocycles. The Morgan fingerprint density at radius 2 is 1.81 bits per heavy atom. The first-order chi connectivity index (χ1) is 12.5. The van der Waals surface area contributed by atoms with Crippen LogP contribution in [-0.4, -0.2) is 56.3 Å². The van der Waals surface area contributed by atoms with Gasteiger partial charge in [-0.3, -0.25) is 0 Å². The summed E-state index contributed by atoms with van der Waals surface area (Å²) >= 11 is 0. The van der Waals surface area contributed by atoms with E-state index in [1.165, 1.54) is 16.1 Å². The number of benzene rings is 1. The number of nitrogens with zero attached hydrogens (tertiary/aromatic N) is 3. The molecule has 0 amide bonds. The summed E-state index contributed by atoms with van der Waals surface area (Å²) in [6.45, 7) is 1.89. The van der Waals surface area contributed by atoms with E-state index < -0.39 is 10.0 Å². The molecule has 0 unspecified atom stereocenters. The summed E-state index contributed by atoms with van der Waals surface area (Å²) in [7, 11) is 0.672. The number of anilines is 1. The molecule has 0 spiro atoms. The van der Waals surface area contributed by atoms with Crippen molar-refractivity contribution in [3.8, 4) is 0 Å². The van der Waals surface area contributed by atoms with Gasteiger partial charge >= 0.3 is 0 Å². The average Bonchev–Trinajstić information content (AvgIpc) is 3.18. The third-order valence-electron chi connectivity index (χ3n) is 4.72. The molecule has 6 nitrogen and oxygen atoms in total. The van der Waals surface area contributed by atoms with E-state index in [1.54, 1.807) is 12.1 Å². The molecule has 0 radical (unpaired) electrons. The van der Waals surface area contributed by atoms with Gasteiger partial charge in [0.2, 0.25) is 10.0 Å². The summed E-state index contributed by atoms with van der Waals surface area (Å²) in [6, 6.07) is 13.8. The van der Waals surface area contributed by atoms with Gasteiger partial charge in [0.15, 0.2) is 0 Å². The lowest BCUT2D eigenvalue weighted by Crippen LogP contribution is -2.28. The monoisotopic (exact) mass is 374 g/mol. The summed E-state index contributed by atoms with van der Waals surface area (Å²) in [5.41, 5.74) is 1.22. The summed E-state index contributed by atoms with van der Waals surface area (Å²) < 4.78 is 26.6. The molecule has 0 aliphatic carbocycles. The summed E-state index contributed by atoms with van der Waals surface area (Å²) in [6.07, 6.45) is 3.30. The van der Waals surface area contributed by atoms with Crippen LogP contribution in [0.15, 0.2) is 53.6 Å². The summed E-state index contributed by atoms with van der Waals surface area (Å²) in [5, 5.41) is 3.31. The normalized spacial score (nSPS) is 16.7. The lowest BCUT2D eigenvalue weighted by Gasteiger charge is -2.25. The van der Waals surface area contributed by atoms with Gasteiger partial charge in [-0.05, 0) is 44.6 Å². The second-order valence-corrected chi connectivity index (χ2v) is 8.70. The van der Waals surface area contributed by atoms with E-state index in [0.717, 1.165) is 12.8 Å². The number of hydrogen-bond donors (Lipinski definition) is 1. The number of nitrogens with one attached hydrogen (secondary N) is 1. The Balaban J connectivity index is 1.67.